The molecule has 0 aliphatic rings. The highest BCUT2D eigenvalue weighted by Gasteiger charge is 2.30. The summed E-state index contributed by atoms with van der Waals surface area (Å²) in [5.74, 6) is 0.620. The maximum atomic E-state index is 5.57. The third kappa shape index (κ3) is 2.48. The molecule has 0 spiro atoms. The quantitative estimate of drug-likeness (QED) is 0.769. The third-order valence-electron chi connectivity index (χ3n) is 1.72. The molecule has 74 valence electrons. The van der Waals surface area contributed by atoms with Gasteiger partial charge in [-0.3, -0.25) is 0 Å². The summed E-state index contributed by atoms with van der Waals surface area (Å²) in [6.45, 7) is 8.87. The van der Waals surface area contributed by atoms with Crippen LogP contribution in [0.5, 0.6) is 0 Å². The van der Waals surface area contributed by atoms with Crippen molar-refractivity contribution in [3.05, 3.63) is 5.82 Å². The van der Waals surface area contributed by atoms with Crippen LogP contribution in [-0.4, -0.2) is 27.2 Å². The molecule has 0 amide bonds. The molecule has 0 radical (unpaired) electrons. The number of nitrogens with zero attached hydrogens (tertiary/aromatic N) is 3. The Morgan fingerprint density at radius 3 is 2.54 bits per heavy atom. The van der Waals surface area contributed by atoms with Gasteiger partial charge >= 0.3 is 0 Å². The predicted molar refractivity (Wildman–Crippen MR) is 48.0 cm³/mol. The summed E-state index contributed by atoms with van der Waals surface area (Å²) in [4.78, 5) is 0. The highest BCUT2D eigenvalue weighted by Crippen LogP contribution is 2.33. The van der Waals surface area contributed by atoms with Crippen LogP contribution in [0.3, 0.4) is 0 Å². The average molecular weight is 184 g/mol. The zero-order valence-electron chi connectivity index (χ0n) is 8.53. The molecule has 0 saturated heterocycles. The summed E-state index contributed by atoms with van der Waals surface area (Å²) in [5.41, 5.74) is -0.0140. The van der Waals surface area contributed by atoms with Gasteiger partial charge in [0, 0.05) is 6.61 Å². The van der Waals surface area contributed by atoms with Crippen molar-refractivity contribution in [2.45, 2.75) is 33.8 Å². The molecule has 1 aromatic heterocycles. The Balaban J connectivity index is 2.81. The van der Waals surface area contributed by atoms with Gasteiger partial charge < -0.3 is 4.74 Å². The van der Waals surface area contributed by atoms with Crippen LogP contribution in [0.1, 0.15) is 39.6 Å². The summed E-state index contributed by atoms with van der Waals surface area (Å²) in [6, 6.07) is 0. The first-order valence-electron chi connectivity index (χ1n) is 4.40. The minimum Gasteiger partial charge on any atom is -0.370 e. The van der Waals surface area contributed by atoms with Crippen LogP contribution >= 0.6 is 0 Å². The smallest absolute Gasteiger partial charge is 0.203 e. The van der Waals surface area contributed by atoms with Crippen LogP contribution in [0.2, 0.25) is 0 Å². The lowest BCUT2D eigenvalue weighted by Gasteiger charge is -2.27. The van der Waals surface area contributed by atoms with E-state index in [1.54, 1.807) is 0 Å². The first-order chi connectivity index (χ1) is 6.05. The average Bonchev–Trinajstić information content (AvgIpc) is 2.49. The molecule has 1 N–H and O–H groups in total. The number of rotatable bonds is 3. The van der Waals surface area contributed by atoms with Crippen LogP contribution in [0.4, 0.5) is 0 Å². The van der Waals surface area contributed by atoms with E-state index in [0.29, 0.717) is 12.4 Å². The molecule has 5 nitrogen and oxygen atoms in total. The Bertz CT molecular complexity index is 239. The van der Waals surface area contributed by atoms with Gasteiger partial charge in [-0.05, 0) is 12.3 Å². The molecule has 0 bridgehead atoms. The van der Waals surface area contributed by atoms with Gasteiger partial charge in [-0.2, -0.15) is 5.21 Å². The number of tetrazole rings is 1. The number of ether oxygens (including phenoxy) is 1. The van der Waals surface area contributed by atoms with Crippen molar-refractivity contribution >= 4 is 0 Å². The van der Waals surface area contributed by atoms with Crippen molar-refractivity contribution in [3.63, 3.8) is 0 Å². The third-order valence-corrected chi connectivity index (χ3v) is 1.72. The summed E-state index contributed by atoms with van der Waals surface area (Å²) >= 11 is 0. The fourth-order valence-corrected chi connectivity index (χ4v) is 1.16. The number of aromatic nitrogens is 4. The van der Waals surface area contributed by atoms with Crippen LogP contribution in [-0.2, 0) is 4.74 Å². The molecule has 0 aromatic carbocycles. The SMILES string of the molecule is CCOC(c1nn[nH]n1)C(C)(C)C. The molecule has 1 atom stereocenters. The van der Waals surface area contributed by atoms with Crippen molar-refractivity contribution in [1.82, 2.24) is 20.6 Å². The number of hydrogen-bond acceptors (Lipinski definition) is 4. The van der Waals surface area contributed by atoms with Crippen molar-refractivity contribution in [1.29, 1.82) is 0 Å². The van der Waals surface area contributed by atoms with E-state index in [-0.39, 0.29) is 11.5 Å². The maximum Gasteiger partial charge on any atom is 0.203 e. The van der Waals surface area contributed by atoms with E-state index < -0.39 is 0 Å². The predicted octanol–water partition coefficient (Wildman–Crippen LogP) is 1.32. The van der Waals surface area contributed by atoms with Crippen molar-refractivity contribution in [3.8, 4) is 0 Å². The van der Waals surface area contributed by atoms with E-state index in [2.05, 4.69) is 41.4 Å². The summed E-state index contributed by atoms with van der Waals surface area (Å²) in [5, 5.41) is 13.8. The largest absolute Gasteiger partial charge is 0.370 e. The summed E-state index contributed by atoms with van der Waals surface area (Å²) in [6.07, 6.45) is -0.101. The van der Waals surface area contributed by atoms with Gasteiger partial charge in [-0.1, -0.05) is 26.0 Å². The van der Waals surface area contributed by atoms with E-state index >= 15 is 0 Å². The molecular weight excluding hydrogens is 168 g/mol. The fourth-order valence-electron chi connectivity index (χ4n) is 1.16. The van der Waals surface area contributed by atoms with Crippen LogP contribution < -0.4 is 0 Å². The second-order valence-electron chi connectivity index (χ2n) is 3.97. The van der Waals surface area contributed by atoms with E-state index in [4.69, 9.17) is 4.74 Å². The van der Waals surface area contributed by atoms with Gasteiger partial charge in [0.2, 0.25) is 5.82 Å². The second-order valence-corrected chi connectivity index (χ2v) is 3.97. The normalized spacial score (nSPS) is 14.5. The fraction of sp³-hybridized carbons (Fsp3) is 0.875. The molecular formula is C8H16N4O. The molecule has 0 aliphatic carbocycles. The number of H-pyrrole nitrogens is 1. The van der Waals surface area contributed by atoms with Gasteiger partial charge in [0.05, 0.1) is 0 Å². The maximum absolute atomic E-state index is 5.57. The standard InChI is InChI=1S/C8H16N4O/c1-5-13-6(8(2,3)4)7-9-11-12-10-7/h6H,5H2,1-4H3,(H,9,10,11,12). The van der Waals surface area contributed by atoms with Gasteiger partial charge in [-0.25, -0.2) is 0 Å². The molecule has 1 aromatic rings. The van der Waals surface area contributed by atoms with Crippen LogP contribution in [0.25, 0.3) is 0 Å². The monoisotopic (exact) mass is 184 g/mol. The zero-order chi connectivity index (χ0) is 9.90. The Morgan fingerprint density at radius 1 is 1.46 bits per heavy atom. The molecule has 13 heavy (non-hydrogen) atoms. The van der Waals surface area contributed by atoms with E-state index in [0.717, 1.165) is 0 Å². The van der Waals surface area contributed by atoms with Crippen LogP contribution in [0.15, 0.2) is 0 Å². The molecule has 1 heterocycles. The van der Waals surface area contributed by atoms with E-state index in [1.165, 1.54) is 0 Å². The lowest BCUT2D eigenvalue weighted by molar-refractivity contribution is -0.0190. The van der Waals surface area contributed by atoms with Crippen molar-refractivity contribution in [2.75, 3.05) is 6.61 Å². The molecule has 1 unspecified atom stereocenters. The zero-order valence-corrected chi connectivity index (χ0v) is 8.53. The van der Waals surface area contributed by atoms with Gasteiger partial charge in [0.25, 0.3) is 0 Å². The topological polar surface area (TPSA) is 63.7 Å². The molecule has 1 rings (SSSR count). The number of hydrogen-bond donors (Lipinski definition) is 1. The molecule has 5 heteroatoms. The Labute approximate surface area is 77.9 Å². The molecule has 0 saturated carbocycles. The summed E-state index contributed by atoms with van der Waals surface area (Å²) in [7, 11) is 0. The minimum absolute atomic E-state index is 0.0140. The molecule has 0 aliphatic heterocycles. The second kappa shape index (κ2) is 3.83. The first kappa shape index (κ1) is 10.1. The van der Waals surface area contributed by atoms with E-state index in [1.807, 2.05) is 6.92 Å². The van der Waals surface area contributed by atoms with E-state index in [9.17, 15) is 0 Å². The van der Waals surface area contributed by atoms with Crippen molar-refractivity contribution in [2.24, 2.45) is 5.41 Å². The minimum atomic E-state index is -0.101. The first-order valence-corrected chi connectivity index (χ1v) is 4.40. The lowest BCUT2D eigenvalue weighted by atomic mass is 9.88. The Morgan fingerprint density at radius 2 is 2.15 bits per heavy atom. The number of aromatic amines is 1. The Hall–Kier alpha value is -0.970. The highest BCUT2D eigenvalue weighted by atomic mass is 16.5. The lowest BCUT2D eigenvalue weighted by Crippen LogP contribution is -2.22. The van der Waals surface area contributed by atoms with Gasteiger partial charge in [0.1, 0.15) is 6.10 Å². The van der Waals surface area contributed by atoms with Gasteiger partial charge in [-0.15, -0.1) is 10.2 Å². The number of nitrogens with one attached hydrogen (secondary N) is 1. The Kier molecular flexibility index (Phi) is 2.98. The molecule has 0 fully saturated rings. The summed E-state index contributed by atoms with van der Waals surface area (Å²) < 4.78 is 5.57. The highest BCUT2D eigenvalue weighted by molar-refractivity contribution is 4.91. The van der Waals surface area contributed by atoms with Crippen LogP contribution in [0, 0.1) is 5.41 Å². The van der Waals surface area contributed by atoms with Crippen molar-refractivity contribution < 1.29 is 4.74 Å². The van der Waals surface area contributed by atoms with Gasteiger partial charge in [0.15, 0.2) is 0 Å².